The molecule has 0 amide bonds. The van der Waals surface area contributed by atoms with Crippen LogP contribution in [0.15, 0.2) is 22.7 Å². The fraction of sp³-hybridized carbons (Fsp3) is 0.417. The van der Waals surface area contributed by atoms with E-state index in [0.29, 0.717) is 15.8 Å². The lowest BCUT2D eigenvalue weighted by Gasteiger charge is -2.28. The molecule has 0 spiro atoms. The smallest absolute Gasteiger partial charge is 0.321 e. The maximum atomic E-state index is 13.6. The van der Waals surface area contributed by atoms with Crippen LogP contribution in [-0.4, -0.2) is 21.9 Å². The summed E-state index contributed by atoms with van der Waals surface area (Å²) in [7, 11) is 0. The Morgan fingerprint density at radius 1 is 1.61 bits per heavy atom. The van der Waals surface area contributed by atoms with Gasteiger partial charge in [0.25, 0.3) is 0 Å². The summed E-state index contributed by atoms with van der Waals surface area (Å²) in [5, 5.41) is 8.89. The summed E-state index contributed by atoms with van der Waals surface area (Å²) in [6.45, 7) is 3.49. The normalized spacial score (nSPS) is 13.4. The number of carboxylic acid groups (broad SMARTS) is 1. The second-order valence-electron chi connectivity index (χ2n) is 4.44. The summed E-state index contributed by atoms with van der Waals surface area (Å²) < 4.78 is 13.6. The van der Waals surface area contributed by atoms with Crippen LogP contribution in [0, 0.1) is 5.82 Å². The van der Waals surface area contributed by atoms with Gasteiger partial charge in [-0.2, -0.15) is 0 Å². The minimum Gasteiger partial charge on any atom is -0.480 e. The standard InChI is InChI=1S/C12H15BrFNO2S/c1-12(2,10(15)11(16)17)18-6-7-3-4-8(13)5-9(7)14/h3-5,10H,6,15H2,1-2H3,(H,16,17)/t10-/m1/s1. The molecule has 0 radical (unpaired) electrons. The third-order valence-corrected chi connectivity index (χ3v) is 4.58. The molecule has 0 aliphatic carbocycles. The number of carboxylic acids is 1. The van der Waals surface area contributed by atoms with Crippen LogP contribution in [0.1, 0.15) is 19.4 Å². The first kappa shape index (κ1) is 15.5. The van der Waals surface area contributed by atoms with E-state index >= 15 is 0 Å². The van der Waals surface area contributed by atoms with E-state index in [-0.39, 0.29) is 5.82 Å². The molecule has 6 heteroatoms. The summed E-state index contributed by atoms with van der Waals surface area (Å²) in [6, 6.07) is 3.83. The van der Waals surface area contributed by atoms with Gasteiger partial charge in [0, 0.05) is 15.0 Å². The molecule has 0 bridgehead atoms. The van der Waals surface area contributed by atoms with Crippen LogP contribution >= 0.6 is 27.7 Å². The molecule has 0 aliphatic heterocycles. The second-order valence-corrected chi connectivity index (χ2v) is 6.99. The van der Waals surface area contributed by atoms with E-state index in [1.807, 2.05) is 0 Å². The van der Waals surface area contributed by atoms with Crippen molar-refractivity contribution in [2.24, 2.45) is 5.73 Å². The number of halogens is 2. The van der Waals surface area contributed by atoms with Gasteiger partial charge in [-0.3, -0.25) is 4.79 Å². The topological polar surface area (TPSA) is 63.3 Å². The van der Waals surface area contributed by atoms with E-state index in [1.165, 1.54) is 17.8 Å². The monoisotopic (exact) mass is 335 g/mol. The molecule has 0 aromatic heterocycles. The van der Waals surface area contributed by atoms with E-state index in [2.05, 4.69) is 15.9 Å². The minimum absolute atomic E-state index is 0.309. The van der Waals surface area contributed by atoms with E-state index in [9.17, 15) is 9.18 Å². The van der Waals surface area contributed by atoms with Crippen LogP contribution in [-0.2, 0) is 10.5 Å². The van der Waals surface area contributed by atoms with Crippen LogP contribution in [0.5, 0.6) is 0 Å². The largest absolute Gasteiger partial charge is 0.480 e. The molecule has 1 rings (SSSR count). The molecule has 0 aliphatic rings. The van der Waals surface area contributed by atoms with Crippen molar-refractivity contribution in [1.29, 1.82) is 0 Å². The molecule has 1 atom stereocenters. The average molecular weight is 336 g/mol. The fourth-order valence-electron chi connectivity index (χ4n) is 1.29. The summed E-state index contributed by atoms with van der Waals surface area (Å²) in [4.78, 5) is 10.9. The Balaban J connectivity index is 2.72. The Morgan fingerprint density at radius 3 is 2.72 bits per heavy atom. The Morgan fingerprint density at radius 2 is 2.22 bits per heavy atom. The zero-order valence-electron chi connectivity index (χ0n) is 10.1. The van der Waals surface area contributed by atoms with Crippen molar-refractivity contribution in [2.45, 2.75) is 30.4 Å². The number of hydrogen-bond acceptors (Lipinski definition) is 3. The molecule has 0 saturated heterocycles. The molecule has 18 heavy (non-hydrogen) atoms. The summed E-state index contributed by atoms with van der Waals surface area (Å²) in [6.07, 6.45) is 0. The predicted octanol–water partition coefficient (Wildman–Crippen LogP) is 3.01. The van der Waals surface area contributed by atoms with Gasteiger partial charge in [0.1, 0.15) is 11.9 Å². The molecule has 0 heterocycles. The van der Waals surface area contributed by atoms with E-state index in [4.69, 9.17) is 10.8 Å². The predicted molar refractivity (Wildman–Crippen MR) is 75.1 cm³/mol. The fourth-order valence-corrected chi connectivity index (χ4v) is 2.66. The van der Waals surface area contributed by atoms with Crippen LogP contribution in [0.2, 0.25) is 0 Å². The molecular formula is C12H15BrFNO2S. The second kappa shape index (κ2) is 6.04. The van der Waals surface area contributed by atoms with Gasteiger partial charge < -0.3 is 10.8 Å². The molecule has 0 fully saturated rings. The zero-order chi connectivity index (χ0) is 13.9. The van der Waals surface area contributed by atoms with Gasteiger partial charge in [0.15, 0.2) is 0 Å². The molecule has 1 aromatic carbocycles. The number of hydrogen-bond donors (Lipinski definition) is 2. The summed E-state index contributed by atoms with van der Waals surface area (Å²) in [5.41, 5.74) is 6.13. The van der Waals surface area contributed by atoms with E-state index in [1.54, 1.807) is 26.0 Å². The highest BCUT2D eigenvalue weighted by Gasteiger charge is 2.32. The van der Waals surface area contributed by atoms with Gasteiger partial charge in [-0.15, -0.1) is 11.8 Å². The van der Waals surface area contributed by atoms with Crippen LogP contribution < -0.4 is 5.73 Å². The molecular weight excluding hydrogens is 321 g/mol. The van der Waals surface area contributed by atoms with Crippen molar-refractivity contribution in [3.8, 4) is 0 Å². The van der Waals surface area contributed by atoms with Crippen LogP contribution in [0.4, 0.5) is 4.39 Å². The van der Waals surface area contributed by atoms with Gasteiger partial charge in [0.2, 0.25) is 0 Å². The number of carbonyl (C=O) groups is 1. The number of thioether (sulfide) groups is 1. The van der Waals surface area contributed by atoms with Crippen molar-refractivity contribution in [3.63, 3.8) is 0 Å². The van der Waals surface area contributed by atoms with E-state index < -0.39 is 16.8 Å². The maximum absolute atomic E-state index is 13.6. The third kappa shape index (κ3) is 3.96. The molecule has 1 aromatic rings. The third-order valence-electron chi connectivity index (χ3n) is 2.63. The van der Waals surface area contributed by atoms with Gasteiger partial charge in [0.05, 0.1) is 0 Å². The minimum atomic E-state index is -1.05. The van der Waals surface area contributed by atoms with Crippen molar-refractivity contribution >= 4 is 33.7 Å². The van der Waals surface area contributed by atoms with Gasteiger partial charge in [-0.25, -0.2) is 4.39 Å². The van der Waals surface area contributed by atoms with Crippen molar-refractivity contribution in [2.75, 3.05) is 0 Å². The Hall–Kier alpha value is -0.590. The molecule has 0 unspecified atom stereocenters. The highest BCUT2D eigenvalue weighted by Crippen LogP contribution is 2.31. The number of aliphatic carboxylic acids is 1. The molecule has 3 nitrogen and oxygen atoms in total. The number of benzene rings is 1. The lowest BCUT2D eigenvalue weighted by atomic mass is 10.1. The molecule has 100 valence electrons. The van der Waals surface area contributed by atoms with Crippen LogP contribution in [0.25, 0.3) is 0 Å². The highest BCUT2D eigenvalue weighted by molar-refractivity contribution is 9.10. The quantitative estimate of drug-likeness (QED) is 0.868. The molecule has 3 N–H and O–H groups in total. The van der Waals surface area contributed by atoms with Crippen LogP contribution in [0.3, 0.4) is 0 Å². The maximum Gasteiger partial charge on any atom is 0.321 e. The number of nitrogens with two attached hydrogens (primary N) is 1. The highest BCUT2D eigenvalue weighted by atomic mass is 79.9. The number of rotatable bonds is 5. The van der Waals surface area contributed by atoms with Crippen molar-refractivity contribution in [1.82, 2.24) is 0 Å². The average Bonchev–Trinajstić information content (AvgIpc) is 2.26. The first-order valence-electron chi connectivity index (χ1n) is 5.30. The lowest BCUT2D eigenvalue weighted by molar-refractivity contribution is -0.139. The van der Waals surface area contributed by atoms with Crippen molar-refractivity contribution < 1.29 is 14.3 Å². The first-order chi connectivity index (χ1) is 8.24. The Bertz CT molecular complexity index is 454. The van der Waals surface area contributed by atoms with Gasteiger partial charge >= 0.3 is 5.97 Å². The Labute approximate surface area is 118 Å². The van der Waals surface area contributed by atoms with Crippen molar-refractivity contribution in [3.05, 3.63) is 34.1 Å². The summed E-state index contributed by atoms with van der Waals surface area (Å²) >= 11 is 4.51. The zero-order valence-corrected chi connectivity index (χ0v) is 12.5. The SMILES string of the molecule is CC(C)(SCc1ccc(Br)cc1F)[C@H](N)C(=O)O. The van der Waals surface area contributed by atoms with Gasteiger partial charge in [-0.1, -0.05) is 22.0 Å². The summed E-state index contributed by atoms with van der Waals surface area (Å²) in [5.74, 6) is -0.979. The van der Waals surface area contributed by atoms with Gasteiger partial charge in [-0.05, 0) is 31.5 Å². The lowest BCUT2D eigenvalue weighted by Crippen LogP contribution is -2.46. The van der Waals surface area contributed by atoms with E-state index in [0.717, 1.165) is 0 Å². The molecule has 0 saturated carbocycles. The first-order valence-corrected chi connectivity index (χ1v) is 7.08. The Kier molecular flexibility index (Phi) is 5.19.